The van der Waals surface area contributed by atoms with Gasteiger partial charge in [-0.3, -0.25) is 9.59 Å². The van der Waals surface area contributed by atoms with E-state index in [-0.39, 0.29) is 17.9 Å². The van der Waals surface area contributed by atoms with E-state index in [0.717, 1.165) is 17.0 Å². The Kier molecular flexibility index (Phi) is 4.48. The molecular weight excluding hydrogens is 288 g/mol. The number of carbonyl (C=O) groups is 1. The Labute approximate surface area is 128 Å². The van der Waals surface area contributed by atoms with Gasteiger partial charge in [0.15, 0.2) is 5.43 Å². The van der Waals surface area contributed by atoms with E-state index in [2.05, 4.69) is 5.32 Å². The zero-order valence-corrected chi connectivity index (χ0v) is 13.0. The summed E-state index contributed by atoms with van der Waals surface area (Å²) in [5.74, 6) is -0.157. The van der Waals surface area contributed by atoms with Gasteiger partial charge in [0.2, 0.25) is 5.91 Å². The number of benzene rings is 1. The summed E-state index contributed by atoms with van der Waals surface area (Å²) in [7, 11) is 0. The van der Waals surface area contributed by atoms with Gasteiger partial charge in [-0.05, 0) is 38.5 Å². The monoisotopic (exact) mass is 304 g/mol. The molecule has 0 aliphatic rings. The summed E-state index contributed by atoms with van der Waals surface area (Å²) in [4.78, 5) is 23.6. The standard InChI is InChI=1S/C16H17ClN2O2/c1-10-4-5-13(17)8-15(10)18-16(21)9-19-11(2)6-14(20)7-12(19)3/h4-8H,9H2,1-3H3,(H,18,21). The highest BCUT2D eigenvalue weighted by Crippen LogP contribution is 2.20. The van der Waals surface area contributed by atoms with Crippen molar-refractivity contribution in [3.05, 3.63) is 62.5 Å². The normalized spacial score (nSPS) is 10.5. The average molecular weight is 305 g/mol. The van der Waals surface area contributed by atoms with E-state index in [1.165, 1.54) is 12.1 Å². The van der Waals surface area contributed by atoms with Crippen LogP contribution in [0.4, 0.5) is 5.69 Å². The minimum Gasteiger partial charge on any atom is -0.340 e. The van der Waals surface area contributed by atoms with Crippen LogP contribution < -0.4 is 10.7 Å². The third kappa shape index (κ3) is 3.73. The number of amides is 1. The van der Waals surface area contributed by atoms with Crippen LogP contribution in [0.5, 0.6) is 0 Å². The van der Waals surface area contributed by atoms with E-state index in [1.54, 1.807) is 16.7 Å². The highest BCUT2D eigenvalue weighted by Gasteiger charge is 2.09. The predicted molar refractivity (Wildman–Crippen MR) is 85.0 cm³/mol. The minimum atomic E-state index is -0.157. The molecule has 1 N–H and O–H groups in total. The van der Waals surface area contributed by atoms with Gasteiger partial charge in [-0.15, -0.1) is 0 Å². The number of hydrogen-bond acceptors (Lipinski definition) is 2. The Morgan fingerprint density at radius 3 is 2.38 bits per heavy atom. The minimum absolute atomic E-state index is 0.0488. The molecule has 1 heterocycles. The van der Waals surface area contributed by atoms with E-state index in [9.17, 15) is 9.59 Å². The second-order valence-electron chi connectivity index (χ2n) is 5.07. The molecule has 1 aromatic carbocycles. The number of hydrogen-bond donors (Lipinski definition) is 1. The van der Waals surface area contributed by atoms with Crippen molar-refractivity contribution in [1.29, 1.82) is 0 Å². The highest BCUT2D eigenvalue weighted by atomic mass is 35.5. The summed E-state index contributed by atoms with van der Waals surface area (Å²) in [6, 6.07) is 8.39. The Morgan fingerprint density at radius 2 is 1.76 bits per heavy atom. The molecule has 0 unspecified atom stereocenters. The fraction of sp³-hybridized carbons (Fsp3) is 0.250. The van der Waals surface area contributed by atoms with Gasteiger partial charge in [-0.25, -0.2) is 0 Å². The predicted octanol–water partition coefficient (Wildman–Crippen LogP) is 3.07. The maximum absolute atomic E-state index is 12.2. The molecule has 21 heavy (non-hydrogen) atoms. The SMILES string of the molecule is Cc1ccc(Cl)cc1NC(=O)Cn1c(C)cc(=O)cc1C. The fourth-order valence-corrected chi connectivity index (χ4v) is 2.37. The topological polar surface area (TPSA) is 51.1 Å². The molecule has 0 bridgehead atoms. The van der Waals surface area contributed by atoms with Crippen LogP contribution in [0, 0.1) is 20.8 Å². The second-order valence-corrected chi connectivity index (χ2v) is 5.50. The molecule has 0 atom stereocenters. The quantitative estimate of drug-likeness (QED) is 0.947. The summed E-state index contributed by atoms with van der Waals surface area (Å²) < 4.78 is 1.80. The summed E-state index contributed by atoms with van der Waals surface area (Å²) in [6.07, 6.45) is 0. The van der Waals surface area contributed by atoms with Gasteiger partial charge in [0, 0.05) is 34.2 Å². The molecule has 4 nitrogen and oxygen atoms in total. The lowest BCUT2D eigenvalue weighted by molar-refractivity contribution is -0.116. The summed E-state index contributed by atoms with van der Waals surface area (Å²) in [5, 5.41) is 3.42. The molecule has 2 aromatic rings. The van der Waals surface area contributed by atoms with Crippen LogP contribution in [0.15, 0.2) is 35.1 Å². The summed E-state index contributed by atoms with van der Waals surface area (Å²) in [5.41, 5.74) is 3.12. The van der Waals surface area contributed by atoms with Crippen LogP contribution in [0.25, 0.3) is 0 Å². The van der Waals surface area contributed by atoms with Crippen LogP contribution >= 0.6 is 11.6 Å². The van der Waals surface area contributed by atoms with Crippen LogP contribution in [0.1, 0.15) is 17.0 Å². The number of carbonyl (C=O) groups excluding carboxylic acids is 1. The number of nitrogens with zero attached hydrogens (tertiary/aromatic N) is 1. The van der Waals surface area contributed by atoms with Gasteiger partial charge in [0.25, 0.3) is 0 Å². The van der Waals surface area contributed by atoms with Gasteiger partial charge >= 0.3 is 0 Å². The maximum atomic E-state index is 12.2. The van der Waals surface area contributed by atoms with Crippen LogP contribution in [0.3, 0.4) is 0 Å². The molecule has 0 aliphatic heterocycles. The molecule has 0 fully saturated rings. The highest BCUT2D eigenvalue weighted by molar-refractivity contribution is 6.31. The first-order valence-electron chi connectivity index (χ1n) is 6.61. The molecule has 1 amide bonds. The Hall–Kier alpha value is -2.07. The first-order chi connectivity index (χ1) is 9.86. The Morgan fingerprint density at radius 1 is 1.14 bits per heavy atom. The lowest BCUT2D eigenvalue weighted by Gasteiger charge is -2.15. The number of rotatable bonds is 3. The van der Waals surface area contributed by atoms with Crippen molar-refractivity contribution in [2.45, 2.75) is 27.3 Å². The number of aromatic nitrogens is 1. The van der Waals surface area contributed by atoms with Crippen LogP contribution in [0.2, 0.25) is 5.02 Å². The first kappa shape index (κ1) is 15.3. The van der Waals surface area contributed by atoms with Crippen molar-refractivity contribution < 1.29 is 4.79 Å². The van der Waals surface area contributed by atoms with Crippen molar-refractivity contribution in [2.75, 3.05) is 5.32 Å². The van der Waals surface area contributed by atoms with E-state index in [0.29, 0.717) is 10.7 Å². The first-order valence-corrected chi connectivity index (χ1v) is 6.98. The average Bonchev–Trinajstić information content (AvgIpc) is 2.38. The third-order valence-electron chi connectivity index (χ3n) is 3.33. The van der Waals surface area contributed by atoms with Crippen LogP contribution in [-0.2, 0) is 11.3 Å². The van der Waals surface area contributed by atoms with Gasteiger partial charge in [-0.1, -0.05) is 17.7 Å². The number of aryl methyl sites for hydroxylation is 3. The van der Waals surface area contributed by atoms with E-state index in [1.807, 2.05) is 26.8 Å². The molecular formula is C16H17ClN2O2. The van der Waals surface area contributed by atoms with Crippen LogP contribution in [-0.4, -0.2) is 10.5 Å². The fourth-order valence-electron chi connectivity index (χ4n) is 2.20. The molecule has 2 rings (SSSR count). The van der Waals surface area contributed by atoms with Gasteiger partial charge in [0.05, 0.1) is 0 Å². The van der Waals surface area contributed by atoms with E-state index < -0.39 is 0 Å². The Balaban J connectivity index is 2.19. The van der Waals surface area contributed by atoms with Crippen molar-refractivity contribution in [1.82, 2.24) is 4.57 Å². The maximum Gasteiger partial charge on any atom is 0.244 e. The number of halogens is 1. The smallest absolute Gasteiger partial charge is 0.244 e. The molecule has 0 saturated heterocycles. The third-order valence-corrected chi connectivity index (χ3v) is 3.56. The zero-order chi connectivity index (χ0) is 15.6. The van der Waals surface area contributed by atoms with Gasteiger partial charge in [-0.2, -0.15) is 0 Å². The van der Waals surface area contributed by atoms with E-state index >= 15 is 0 Å². The largest absolute Gasteiger partial charge is 0.340 e. The molecule has 5 heteroatoms. The molecule has 0 spiro atoms. The number of anilines is 1. The van der Waals surface area contributed by atoms with Gasteiger partial charge in [0.1, 0.15) is 6.54 Å². The molecule has 0 aliphatic carbocycles. The van der Waals surface area contributed by atoms with Crippen molar-refractivity contribution in [3.63, 3.8) is 0 Å². The van der Waals surface area contributed by atoms with Crippen molar-refractivity contribution in [3.8, 4) is 0 Å². The molecule has 0 saturated carbocycles. The van der Waals surface area contributed by atoms with Gasteiger partial charge < -0.3 is 9.88 Å². The molecule has 1 aromatic heterocycles. The Bertz CT molecular complexity index is 724. The van der Waals surface area contributed by atoms with Crippen molar-refractivity contribution >= 4 is 23.2 Å². The lowest BCUT2D eigenvalue weighted by Crippen LogP contribution is -2.23. The number of nitrogens with one attached hydrogen (secondary N) is 1. The summed E-state index contributed by atoms with van der Waals surface area (Å²) in [6.45, 7) is 5.68. The summed E-state index contributed by atoms with van der Waals surface area (Å²) >= 11 is 5.94. The molecule has 110 valence electrons. The number of pyridine rings is 1. The van der Waals surface area contributed by atoms with E-state index in [4.69, 9.17) is 11.6 Å². The zero-order valence-electron chi connectivity index (χ0n) is 12.2. The lowest BCUT2D eigenvalue weighted by atomic mass is 10.2. The molecule has 0 radical (unpaired) electrons. The van der Waals surface area contributed by atoms with Crippen molar-refractivity contribution in [2.24, 2.45) is 0 Å². The second kappa shape index (κ2) is 6.14.